The van der Waals surface area contributed by atoms with Crippen LogP contribution in [0.2, 0.25) is 0 Å². The zero-order valence-corrected chi connectivity index (χ0v) is 13.1. The number of ketones is 1. The predicted octanol–water partition coefficient (Wildman–Crippen LogP) is 4.86. The molecule has 88 valence electrons. The molecule has 16 heavy (non-hydrogen) atoms. The van der Waals surface area contributed by atoms with Crippen LogP contribution in [-0.4, -0.2) is 16.3 Å². The molecule has 6 heteroatoms. The van der Waals surface area contributed by atoms with E-state index >= 15 is 0 Å². The third-order valence-electron chi connectivity index (χ3n) is 2.39. The average molecular weight is 309 g/mol. The van der Waals surface area contributed by atoms with Crippen molar-refractivity contribution in [3.05, 3.63) is 3.14 Å². The standard InChI is InChI=1S/C10H12OS5/c1-3-5-7(11)6(4-2)14-9-8(13-5)15-10(12)16-9/h5-6H,3-4H2,1-2H3. The van der Waals surface area contributed by atoms with Gasteiger partial charge < -0.3 is 0 Å². The zero-order valence-electron chi connectivity index (χ0n) is 9.02. The Morgan fingerprint density at radius 1 is 1.06 bits per heavy atom. The molecule has 1 aromatic rings. The fraction of sp³-hybridized carbons (Fsp3) is 0.600. The van der Waals surface area contributed by atoms with E-state index in [1.54, 1.807) is 46.2 Å². The van der Waals surface area contributed by atoms with Gasteiger partial charge >= 0.3 is 0 Å². The van der Waals surface area contributed by atoms with Crippen molar-refractivity contribution in [1.82, 2.24) is 0 Å². The Morgan fingerprint density at radius 2 is 1.50 bits per heavy atom. The lowest BCUT2D eigenvalue weighted by molar-refractivity contribution is -0.118. The molecule has 0 amide bonds. The monoisotopic (exact) mass is 308 g/mol. The minimum Gasteiger partial charge on any atom is -0.297 e. The highest BCUT2D eigenvalue weighted by Crippen LogP contribution is 2.48. The van der Waals surface area contributed by atoms with Gasteiger partial charge in [0.1, 0.15) is 3.14 Å². The lowest BCUT2D eigenvalue weighted by atomic mass is 10.1. The Hall–Kier alpha value is 0.640. The summed E-state index contributed by atoms with van der Waals surface area (Å²) < 4.78 is 3.50. The second kappa shape index (κ2) is 5.52. The van der Waals surface area contributed by atoms with Crippen molar-refractivity contribution in [2.45, 2.75) is 45.6 Å². The van der Waals surface area contributed by atoms with E-state index in [-0.39, 0.29) is 10.5 Å². The third-order valence-corrected chi connectivity index (χ3v) is 8.64. The molecular formula is C10H12OS5. The molecule has 0 aliphatic carbocycles. The molecule has 0 N–H and O–H groups in total. The highest BCUT2D eigenvalue weighted by atomic mass is 32.2. The van der Waals surface area contributed by atoms with Gasteiger partial charge in [-0.2, -0.15) is 0 Å². The highest BCUT2D eigenvalue weighted by Gasteiger charge is 2.32. The summed E-state index contributed by atoms with van der Waals surface area (Å²) in [5.41, 5.74) is 0. The maximum absolute atomic E-state index is 12.2. The fourth-order valence-electron chi connectivity index (χ4n) is 1.55. The summed E-state index contributed by atoms with van der Waals surface area (Å²) in [5, 5.41) is 0.248. The number of fused-ring (bicyclic) bond motifs is 1. The van der Waals surface area contributed by atoms with Crippen LogP contribution in [0.15, 0.2) is 8.42 Å². The van der Waals surface area contributed by atoms with Crippen LogP contribution in [0.4, 0.5) is 0 Å². The molecule has 0 aromatic carbocycles. The van der Waals surface area contributed by atoms with Gasteiger partial charge in [0.25, 0.3) is 0 Å². The number of thioether (sulfide) groups is 2. The summed E-state index contributed by atoms with van der Waals surface area (Å²) in [7, 11) is 0. The molecular weight excluding hydrogens is 296 g/mol. The van der Waals surface area contributed by atoms with E-state index < -0.39 is 0 Å². The Labute approximate surface area is 117 Å². The van der Waals surface area contributed by atoms with E-state index in [9.17, 15) is 4.79 Å². The Morgan fingerprint density at radius 3 is 1.88 bits per heavy atom. The third kappa shape index (κ3) is 2.56. The molecule has 0 saturated carbocycles. The maximum atomic E-state index is 12.2. The van der Waals surface area contributed by atoms with Gasteiger partial charge in [-0.05, 0) is 12.8 Å². The van der Waals surface area contributed by atoms with E-state index in [0.29, 0.717) is 5.78 Å². The number of rotatable bonds is 2. The molecule has 1 nitrogen and oxygen atoms in total. The van der Waals surface area contributed by atoms with Crippen LogP contribution < -0.4 is 0 Å². The molecule has 1 aliphatic heterocycles. The van der Waals surface area contributed by atoms with Crippen molar-refractivity contribution in [3.63, 3.8) is 0 Å². The van der Waals surface area contributed by atoms with E-state index in [1.807, 2.05) is 0 Å². The molecule has 0 fully saturated rings. The summed E-state index contributed by atoms with van der Waals surface area (Å²) >= 11 is 12.0. The molecule has 1 aromatic heterocycles. The first-order valence-electron chi connectivity index (χ1n) is 5.16. The van der Waals surface area contributed by atoms with Crippen LogP contribution in [-0.2, 0) is 4.79 Å². The Balaban J connectivity index is 2.38. The zero-order chi connectivity index (χ0) is 11.7. The second-order valence-electron chi connectivity index (χ2n) is 3.46. The van der Waals surface area contributed by atoms with Crippen LogP contribution in [0, 0.1) is 3.14 Å². The smallest absolute Gasteiger partial charge is 0.159 e. The second-order valence-corrected chi connectivity index (χ2v) is 9.63. The summed E-state index contributed by atoms with van der Waals surface area (Å²) in [4.78, 5) is 12.2. The van der Waals surface area contributed by atoms with Crippen molar-refractivity contribution in [2.24, 2.45) is 0 Å². The van der Waals surface area contributed by atoms with Gasteiger partial charge in [0.2, 0.25) is 0 Å². The first-order valence-corrected chi connectivity index (χ1v) is 8.96. The highest BCUT2D eigenvalue weighted by molar-refractivity contribution is 8.07. The number of Topliss-reactive ketones (excluding diaryl/α,β-unsaturated/α-hetero) is 1. The lowest BCUT2D eigenvalue weighted by Crippen LogP contribution is -2.25. The average Bonchev–Trinajstić information content (AvgIpc) is 2.56. The topological polar surface area (TPSA) is 17.1 Å². The first kappa shape index (κ1) is 13.1. The van der Waals surface area contributed by atoms with Crippen LogP contribution in [0.25, 0.3) is 0 Å². The van der Waals surface area contributed by atoms with Crippen LogP contribution in [0.3, 0.4) is 0 Å². The molecule has 1 aliphatic rings. The van der Waals surface area contributed by atoms with E-state index in [1.165, 1.54) is 8.42 Å². The summed E-state index contributed by atoms with van der Waals surface area (Å²) in [5.74, 6) is 0.404. The van der Waals surface area contributed by atoms with Gasteiger partial charge in [-0.1, -0.05) is 26.1 Å². The number of carbonyl (C=O) groups is 1. The van der Waals surface area contributed by atoms with Gasteiger partial charge in [0.05, 0.1) is 18.9 Å². The van der Waals surface area contributed by atoms with Crippen LogP contribution in [0.5, 0.6) is 0 Å². The van der Waals surface area contributed by atoms with Crippen molar-refractivity contribution in [1.29, 1.82) is 0 Å². The van der Waals surface area contributed by atoms with Gasteiger partial charge in [-0.15, -0.1) is 46.2 Å². The Kier molecular flexibility index (Phi) is 4.51. The molecule has 0 bridgehead atoms. The van der Waals surface area contributed by atoms with E-state index in [4.69, 9.17) is 12.2 Å². The van der Waals surface area contributed by atoms with Crippen molar-refractivity contribution in [3.8, 4) is 0 Å². The lowest BCUT2D eigenvalue weighted by Gasteiger charge is -2.14. The number of hydrogen-bond acceptors (Lipinski definition) is 6. The molecule has 0 saturated heterocycles. The maximum Gasteiger partial charge on any atom is 0.159 e. The summed E-state index contributed by atoms with van der Waals surface area (Å²) in [6.07, 6.45) is 1.82. The molecule has 0 spiro atoms. The SMILES string of the molecule is CCC1Sc2sc(=S)sc2SC(CC)C1=O. The van der Waals surface area contributed by atoms with Crippen molar-refractivity contribution >= 4 is 64.2 Å². The normalized spacial score (nSPS) is 25.2. The summed E-state index contributed by atoms with van der Waals surface area (Å²) in [6.45, 7) is 4.17. The minimum absolute atomic E-state index is 0.124. The van der Waals surface area contributed by atoms with Crippen molar-refractivity contribution in [2.75, 3.05) is 0 Å². The van der Waals surface area contributed by atoms with Gasteiger partial charge in [-0.3, -0.25) is 4.79 Å². The molecule has 0 radical (unpaired) electrons. The Bertz CT molecular complexity index is 410. The van der Waals surface area contributed by atoms with E-state index in [0.717, 1.165) is 16.0 Å². The number of hydrogen-bond donors (Lipinski definition) is 0. The first-order chi connectivity index (χ1) is 7.65. The fourth-order valence-corrected chi connectivity index (χ4v) is 8.17. The van der Waals surface area contributed by atoms with Gasteiger partial charge in [-0.25, -0.2) is 0 Å². The van der Waals surface area contributed by atoms with Gasteiger partial charge in [0.15, 0.2) is 5.78 Å². The molecule has 2 rings (SSSR count). The van der Waals surface area contributed by atoms with Crippen LogP contribution in [0.1, 0.15) is 26.7 Å². The molecule has 2 unspecified atom stereocenters. The minimum atomic E-state index is 0.124. The van der Waals surface area contributed by atoms with Crippen molar-refractivity contribution < 1.29 is 4.79 Å². The predicted molar refractivity (Wildman–Crippen MR) is 77.9 cm³/mol. The quantitative estimate of drug-likeness (QED) is 0.725. The van der Waals surface area contributed by atoms with E-state index in [2.05, 4.69) is 13.8 Å². The van der Waals surface area contributed by atoms with Gasteiger partial charge in [0, 0.05) is 0 Å². The van der Waals surface area contributed by atoms with Crippen LogP contribution >= 0.6 is 58.4 Å². The number of carbonyl (C=O) groups excluding carboxylic acids is 1. The molecule has 2 heterocycles. The summed E-state index contributed by atoms with van der Waals surface area (Å²) in [6, 6.07) is 0. The largest absolute Gasteiger partial charge is 0.297 e. The molecule has 2 atom stereocenters.